The van der Waals surface area contributed by atoms with E-state index in [0.29, 0.717) is 11.1 Å². The van der Waals surface area contributed by atoms with Crippen molar-refractivity contribution in [1.82, 2.24) is 0 Å². The second-order valence-electron chi connectivity index (χ2n) is 2.88. The lowest BCUT2D eigenvalue weighted by Crippen LogP contribution is -2.14. The number of carbonyl (C=O) groups excluding carboxylic acids is 2. The van der Waals surface area contributed by atoms with Crippen molar-refractivity contribution >= 4 is 39.1 Å². The van der Waals surface area contributed by atoms with E-state index in [1.807, 2.05) is 0 Å². The standard InChI is InChI=1S/C10H4BrClO2/c11-5-1-2-6-7(3-5)9(13)4-8(12)10(6)14/h1-4H. The van der Waals surface area contributed by atoms with Gasteiger partial charge in [0, 0.05) is 21.7 Å². The Kier molecular flexibility index (Phi) is 2.29. The van der Waals surface area contributed by atoms with Crippen molar-refractivity contribution in [1.29, 1.82) is 0 Å². The molecule has 14 heavy (non-hydrogen) atoms. The molecule has 0 radical (unpaired) electrons. The number of halogens is 2. The average molecular weight is 271 g/mol. The Balaban J connectivity index is 2.69. The molecule has 70 valence electrons. The second-order valence-corrected chi connectivity index (χ2v) is 4.20. The highest BCUT2D eigenvalue weighted by Crippen LogP contribution is 2.25. The van der Waals surface area contributed by atoms with Crippen LogP contribution in [0.4, 0.5) is 0 Å². The van der Waals surface area contributed by atoms with Gasteiger partial charge in [0.25, 0.3) is 0 Å². The van der Waals surface area contributed by atoms with Crippen LogP contribution in [0.3, 0.4) is 0 Å². The summed E-state index contributed by atoms with van der Waals surface area (Å²) in [7, 11) is 0. The van der Waals surface area contributed by atoms with E-state index in [-0.39, 0.29) is 16.6 Å². The maximum Gasteiger partial charge on any atom is 0.205 e. The van der Waals surface area contributed by atoms with Gasteiger partial charge in [0.15, 0.2) is 5.78 Å². The summed E-state index contributed by atoms with van der Waals surface area (Å²) in [5.74, 6) is -0.528. The van der Waals surface area contributed by atoms with Crippen LogP contribution >= 0.6 is 27.5 Å². The first-order chi connectivity index (χ1) is 6.59. The largest absolute Gasteiger partial charge is 0.289 e. The minimum Gasteiger partial charge on any atom is -0.289 e. The first kappa shape index (κ1) is 9.62. The average Bonchev–Trinajstić information content (AvgIpc) is 2.14. The highest BCUT2D eigenvalue weighted by Gasteiger charge is 2.24. The van der Waals surface area contributed by atoms with Gasteiger partial charge in [-0.1, -0.05) is 27.5 Å². The minimum absolute atomic E-state index is 0.0233. The van der Waals surface area contributed by atoms with Gasteiger partial charge in [0.1, 0.15) is 0 Å². The lowest BCUT2D eigenvalue weighted by atomic mass is 9.95. The summed E-state index contributed by atoms with van der Waals surface area (Å²) in [4.78, 5) is 23.0. The van der Waals surface area contributed by atoms with E-state index >= 15 is 0 Å². The fraction of sp³-hybridized carbons (Fsp3) is 0. The normalized spacial score (nSPS) is 15.1. The zero-order valence-corrected chi connectivity index (χ0v) is 9.22. The first-order valence-electron chi connectivity index (χ1n) is 3.85. The van der Waals surface area contributed by atoms with Gasteiger partial charge >= 0.3 is 0 Å². The van der Waals surface area contributed by atoms with Crippen LogP contribution in [0.1, 0.15) is 20.7 Å². The van der Waals surface area contributed by atoms with Gasteiger partial charge in [-0.3, -0.25) is 9.59 Å². The molecule has 4 heteroatoms. The highest BCUT2D eigenvalue weighted by molar-refractivity contribution is 9.10. The fourth-order valence-corrected chi connectivity index (χ4v) is 1.87. The van der Waals surface area contributed by atoms with Gasteiger partial charge in [-0.2, -0.15) is 0 Å². The van der Waals surface area contributed by atoms with E-state index < -0.39 is 0 Å². The first-order valence-corrected chi connectivity index (χ1v) is 5.02. The molecule has 0 bridgehead atoms. The van der Waals surface area contributed by atoms with Crippen molar-refractivity contribution in [2.45, 2.75) is 0 Å². The third-order valence-electron chi connectivity index (χ3n) is 1.97. The molecule has 0 amide bonds. The topological polar surface area (TPSA) is 34.1 Å². The van der Waals surface area contributed by atoms with Gasteiger partial charge in [-0.05, 0) is 18.2 Å². The Bertz CT molecular complexity index is 477. The molecule has 0 N–H and O–H groups in total. The molecule has 0 unspecified atom stereocenters. The molecule has 1 aromatic carbocycles. The van der Waals surface area contributed by atoms with Crippen LogP contribution in [0, 0.1) is 0 Å². The fourth-order valence-electron chi connectivity index (χ4n) is 1.31. The number of allylic oxidation sites excluding steroid dienone is 2. The number of hydrogen-bond acceptors (Lipinski definition) is 2. The summed E-state index contributed by atoms with van der Waals surface area (Å²) < 4.78 is 0.767. The summed E-state index contributed by atoms with van der Waals surface area (Å²) in [6.45, 7) is 0. The molecule has 0 atom stereocenters. The van der Waals surface area contributed by atoms with Crippen molar-refractivity contribution < 1.29 is 9.59 Å². The lowest BCUT2D eigenvalue weighted by molar-refractivity contribution is 0.0990. The van der Waals surface area contributed by atoms with Crippen LogP contribution in [0.5, 0.6) is 0 Å². The molecular weight excluding hydrogens is 267 g/mol. The number of Topliss-reactive ketones (excluding diaryl/α,β-unsaturated/α-hetero) is 1. The number of fused-ring (bicyclic) bond motifs is 1. The van der Waals surface area contributed by atoms with Crippen molar-refractivity contribution in [2.24, 2.45) is 0 Å². The van der Waals surface area contributed by atoms with E-state index in [1.54, 1.807) is 18.2 Å². The Labute approximate surface area is 93.7 Å². The quantitative estimate of drug-likeness (QED) is 0.727. The molecule has 0 saturated heterocycles. The smallest absolute Gasteiger partial charge is 0.205 e. The Morgan fingerprint density at radius 1 is 1.14 bits per heavy atom. The monoisotopic (exact) mass is 270 g/mol. The molecule has 1 aromatic rings. The van der Waals surface area contributed by atoms with Gasteiger partial charge in [0.05, 0.1) is 5.03 Å². The predicted octanol–water partition coefficient (Wildman–Crippen LogP) is 2.95. The van der Waals surface area contributed by atoms with Crippen LogP contribution in [0.2, 0.25) is 0 Å². The molecule has 2 nitrogen and oxygen atoms in total. The molecule has 0 aliphatic heterocycles. The lowest BCUT2D eigenvalue weighted by Gasteiger charge is -2.10. The summed E-state index contributed by atoms with van der Waals surface area (Å²) in [6, 6.07) is 4.92. The summed E-state index contributed by atoms with van der Waals surface area (Å²) >= 11 is 8.84. The third kappa shape index (κ3) is 1.42. The molecule has 1 aliphatic rings. The number of benzene rings is 1. The minimum atomic E-state index is -0.297. The van der Waals surface area contributed by atoms with Crippen LogP contribution in [-0.4, -0.2) is 11.6 Å². The molecular formula is C10H4BrClO2. The van der Waals surface area contributed by atoms with E-state index in [4.69, 9.17) is 11.6 Å². The van der Waals surface area contributed by atoms with E-state index in [0.717, 1.165) is 10.5 Å². The van der Waals surface area contributed by atoms with Gasteiger partial charge in [0.2, 0.25) is 5.78 Å². The molecule has 0 saturated carbocycles. The highest BCUT2D eigenvalue weighted by atomic mass is 79.9. The van der Waals surface area contributed by atoms with Crippen LogP contribution < -0.4 is 0 Å². The maximum atomic E-state index is 11.5. The second kappa shape index (κ2) is 3.33. The van der Waals surface area contributed by atoms with Gasteiger partial charge in [-0.25, -0.2) is 0 Å². The predicted molar refractivity (Wildman–Crippen MR) is 56.7 cm³/mol. The van der Waals surface area contributed by atoms with E-state index in [1.165, 1.54) is 0 Å². The van der Waals surface area contributed by atoms with Crippen molar-refractivity contribution in [2.75, 3.05) is 0 Å². The Hall–Kier alpha value is -0.930. The van der Waals surface area contributed by atoms with E-state index in [9.17, 15) is 9.59 Å². The van der Waals surface area contributed by atoms with Crippen LogP contribution in [0.15, 0.2) is 33.8 Å². The SMILES string of the molecule is O=C1C=C(Cl)C(=O)c2ccc(Br)cc21. The molecule has 0 fully saturated rings. The number of ketones is 2. The van der Waals surface area contributed by atoms with Crippen molar-refractivity contribution in [3.63, 3.8) is 0 Å². The zero-order valence-electron chi connectivity index (χ0n) is 6.88. The maximum absolute atomic E-state index is 11.5. The molecule has 0 spiro atoms. The molecule has 0 aromatic heterocycles. The van der Waals surface area contributed by atoms with Crippen molar-refractivity contribution in [3.8, 4) is 0 Å². The van der Waals surface area contributed by atoms with Crippen LogP contribution in [-0.2, 0) is 0 Å². The molecule has 1 aliphatic carbocycles. The molecule has 0 heterocycles. The summed E-state index contributed by atoms with van der Waals surface area (Å²) in [5, 5.41) is -0.0233. The van der Waals surface area contributed by atoms with E-state index in [2.05, 4.69) is 15.9 Å². The zero-order chi connectivity index (χ0) is 10.3. The Morgan fingerprint density at radius 2 is 1.86 bits per heavy atom. The van der Waals surface area contributed by atoms with Crippen LogP contribution in [0.25, 0.3) is 0 Å². The number of rotatable bonds is 0. The van der Waals surface area contributed by atoms with Gasteiger partial charge in [-0.15, -0.1) is 0 Å². The number of hydrogen-bond donors (Lipinski definition) is 0. The Morgan fingerprint density at radius 3 is 2.57 bits per heavy atom. The summed E-state index contributed by atoms with van der Waals surface area (Å²) in [5.41, 5.74) is 0.763. The summed E-state index contributed by atoms with van der Waals surface area (Å²) in [6.07, 6.45) is 1.15. The van der Waals surface area contributed by atoms with Crippen molar-refractivity contribution in [3.05, 3.63) is 44.9 Å². The third-order valence-corrected chi connectivity index (χ3v) is 2.74. The molecule has 2 rings (SSSR count). The van der Waals surface area contributed by atoms with Gasteiger partial charge < -0.3 is 0 Å². The number of carbonyl (C=O) groups is 2.